The minimum absolute atomic E-state index is 0.0580. The highest BCUT2D eigenvalue weighted by atomic mass is 35.5. The molecule has 0 aliphatic rings. The van der Waals surface area contributed by atoms with Crippen molar-refractivity contribution in [3.05, 3.63) is 23.0 Å². The molecule has 27 heavy (non-hydrogen) atoms. The second-order valence-electron chi connectivity index (χ2n) is 6.99. The van der Waals surface area contributed by atoms with Crippen molar-refractivity contribution < 1.29 is 18.7 Å². The summed E-state index contributed by atoms with van der Waals surface area (Å²) in [5.74, 6) is -1.19. The number of unbranched alkanes of at least 4 members (excludes halogenated alkanes) is 1. The maximum absolute atomic E-state index is 14.3. The van der Waals surface area contributed by atoms with Crippen molar-refractivity contribution in [2.24, 2.45) is 5.41 Å². The molecule has 1 amide bonds. The summed E-state index contributed by atoms with van der Waals surface area (Å²) in [4.78, 5) is 25.1. The van der Waals surface area contributed by atoms with Gasteiger partial charge in [-0.05, 0) is 31.4 Å². The molecule has 0 saturated heterocycles. The summed E-state index contributed by atoms with van der Waals surface area (Å²) in [6, 6.07) is 2.64. The summed E-state index contributed by atoms with van der Waals surface area (Å²) >= 11 is 7.38. The number of anilines is 1. The third-order valence-electron chi connectivity index (χ3n) is 4.41. The van der Waals surface area contributed by atoms with Crippen LogP contribution >= 0.6 is 23.4 Å². The molecular formula is C20H29ClFNO3S. The van der Waals surface area contributed by atoms with Crippen molar-refractivity contribution in [1.82, 2.24) is 0 Å². The highest BCUT2D eigenvalue weighted by molar-refractivity contribution is 8.00. The second-order valence-corrected chi connectivity index (χ2v) is 8.64. The lowest BCUT2D eigenvalue weighted by molar-refractivity contribution is -0.143. The van der Waals surface area contributed by atoms with Gasteiger partial charge in [-0.15, -0.1) is 11.8 Å². The monoisotopic (exact) mass is 417 g/mol. The van der Waals surface area contributed by atoms with Gasteiger partial charge >= 0.3 is 5.97 Å². The number of thioether (sulfide) groups is 1. The number of rotatable bonds is 10. The lowest BCUT2D eigenvalue weighted by Gasteiger charge is -2.22. The van der Waals surface area contributed by atoms with Gasteiger partial charge in [0.25, 0.3) is 0 Å². The van der Waals surface area contributed by atoms with Gasteiger partial charge in [0.15, 0.2) is 0 Å². The molecule has 0 aliphatic heterocycles. The van der Waals surface area contributed by atoms with Crippen LogP contribution in [-0.4, -0.2) is 23.7 Å². The minimum Gasteiger partial charge on any atom is -0.465 e. The van der Waals surface area contributed by atoms with Gasteiger partial charge in [-0.2, -0.15) is 0 Å². The number of ether oxygens (including phenoxy) is 1. The molecule has 0 saturated carbocycles. The minimum atomic E-state index is -0.617. The zero-order chi connectivity index (χ0) is 20.6. The van der Waals surface area contributed by atoms with Gasteiger partial charge in [-0.1, -0.05) is 52.6 Å². The first-order chi connectivity index (χ1) is 12.7. The first kappa shape index (κ1) is 23.8. The van der Waals surface area contributed by atoms with Gasteiger partial charge in [0, 0.05) is 10.3 Å². The van der Waals surface area contributed by atoms with Crippen LogP contribution in [0.4, 0.5) is 10.1 Å². The van der Waals surface area contributed by atoms with Gasteiger partial charge in [0.2, 0.25) is 5.91 Å². The number of hydrogen-bond donors (Lipinski definition) is 1. The second kappa shape index (κ2) is 10.9. The van der Waals surface area contributed by atoms with Crippen LogP contribution in [-0.2, 0) is 14.3 Å². The Balaban J connectivity index is 2.97. The van der Waals surface area contributed by atoms with Crippen LogP contribution in [0.15, 0.2) is 17.0 Å². The predicted molar refractivity (Wildman–Crippen MR) is 110 cm³/mol. The van der Waals surface area contributed by atoms with E-state index in [1.165, 1.54) is 17.8 Å². The zero-order valence-corrected chi connectivity index (χ0v) is 18.2. The number of carbonyl (C=O) groups excluding carboxylic acids is 2. The van der Waals surface area contributed by atoms with Crippen LogP contribution in [0.25, 0.3) is 0 Å². The Morgan fingerprint density at radius 2 is 1.96 bits per heavy atom. The molecule has 0 radical (unpaired) electrons. The van der Waals surface area contributed by atoms with Crippen molar-refractivity contribution >= 4 is 40.9 Å². The van der Waals surface area contributed by atoms with Crippen LogP contribution in [0.3, 0.4) is 0 Å². The topological polar surface area (TPSA) is 55.4 Å². The summed E-state index contributed by atoms with van der Waals surface area (Å²) in [5.41, 5.74) is -0.559. The van der Waals surface area contributed by atoms with E-state index in [0.29, 0.717) is 24.3 Å². The van der Waals surface area contributed by atoms with Crippen LogP contribution in [0, 0.1) is 11.2 Å². The normalized spacial score (nSPS) is 12.6. The van der Waals surface area contributed by atoms with E-state index in [-0.39, 0.29) is 22.6 Å². The van der Waals surface area contributed by atoms with Gasteiger partial charge < -0.3 is 10.1 Å². The maximum atomic E-state index is 14.3. The molecule has 0 spiro atoms. The van der Waals surface area contributed by atoms with Crippen LogP contribution in [0.2, 0.25) is 5.02 Å². The van der Waals surface area contributed by atoms with Gasteiger partial charge in [-0.3, -0.25) is 9.59 Å². The fraction of sp³-hybridized carbons (Fsp3) is 0.600. The Labute approximate surface area is 170 Å². The summed E-state index contributed by atoms with van der Waals surface area (Å²) in [6.45, 7) is 9.78. The van der Waals surface area contributed by atoms with Gasteiger partial charge in [-0.25, -0.2) is 4.39 Å². The molecule has 1 aromatic carbocycles. The Kier molecular flexibility index (Phi) is 9.60. The molecule has 1 aromatic rings. The molecule has 0 aromatic heterocycles. The lowest BCUT2D eigenvalue weighted by atomic mass is 9.89. The molecule has 0 fully saturated rings. The molecule has 0 heterocycles. The van der Waals surface area contributed by atoms with E-state index in [2.05, 4.69) is 5.32 Å². The molecule has 7 heteroatoms. The van der Waals surface area contributed by atoms with E-state index in [9.17, 15) is 14.0 Å². The highest BCUT2D eigenvalue weighted by Gasteiger charge is 2.27. The Hall–Kier alpha value is -1.27. The lowest BCUT2D eigenvalue weighted by Crippen LogP contribution is -2.30. The molecule has 0 aliphatic carbocycles. The standard InChI is InChI=1S/C20H29ClFNO3S/c1-6-9-10-26-18(24)16(7-2)27-17-12-15(14(22)11-13(17)21)23-19(25)20(4,5)8-3/h11-12,16H,6-10H2,1-5H3,(H,23,25). The summed E-state index contributed by atoms with van der Waals surface area (Å²) < 4.78 is 19.5. The number of carbonyl (C=O) groups is 2. The van der Waals surface area contributed by atoms with Gasteiger partial charge in [0.05, 0.1) is 17.3 Å². The summed E-state index contributed by atoms with van der Waals surface area (Å²) in [6.07, 6.45) is 2.93. The number of esters is 1. The van der Waals surface area contributed by atoms with Crippen molar-refractivity contribution in [3.63, 3.8) is 0 Å². The van der Waals surface area contributed by atoms with Crippen LogP contribution in [0.5, 0.6) is 0 Å². The Morgan fingerprint density at radius 3 is 2.52 bits per heavy atom. The molecule has 4 nitrogen and oxygen atoms in total. The van der Waals surface area contributed by atoms with Crippen molar-refractivity contribution in [2.75, 3.05) is 11.9 Å². The first-order valence-electron chi connectivity index (χ1n) is 9.30. The molecule has 1 unspecified atom stereocenters. The van der Waals surface area contributed by atoms with Crippen molar-refractivity contribution in [2.45, 2.75) is 70.4 Å². The van der Waals surface area contributed by atoms with E-state index in [4.69, 9.17) is 16.3 Å². The maximum Gasteiger partial charge on any atom is 0.319 e. The molecule has 1 atom stereocenters. The largest absolute Gasteiger partial charge is 0.465 e. The smallest absolute Gasteiger partial charge is 0.319 e. The molecule has 152 valence electrons. The predicted octanol–water partition coefficient (Wildman–Crippen LogP) is 6.07. The average molecular weight is 418 g/mol. The highest BCUT2D eigenvalue weighted by Crippen LogP contribution is 2.36. The van der Waals surface area contributed by atoms with E-state index in [1.54, 1.807) is 13.8 Å². The van der Waals surface area contributed by atoms with E-state index < -0.39 is 16.5 Å². The third kappa shape index (κ3) is 7.00. The Bertz CT molecular complexity index is 667. The average Bonchev–Trinajstić information content (AvgIpc) is 2.62. The number of benzene rings is 1. The molecular weight excluding hydrogens is 389 g/mol. The van der Waals surface area contributed by atoms with Gasteiger partial charge in [0.1, 0.15) is 11.1 Å². The molecule has 1 rings (SSSR count). The van der Waals surface area contributed by atoms with Crippen molar-refractivity contribution in [1.29, 1.82) is 0 Å². The fourth-order valence-corrected chi connectivity index (χ4v) is 3.31. The summed E-state index contributed by atoms with van der Waals surface area (Å²) in [7, 11) is 0. The van der Waals surface area contributed by atoms with E-state index in [1.807, 2.05) is 20.8 Å². The summed E-state index contributed by atoms with van der Waals surface area (Å²) in [5, 5.41) is 2.38. The number of halogens is 2. The van der Waals surface area contributed by atoms with Crippen molar-refractivity contribution in [3.8, 4) is 0 Å². The third-order valence-corrected chi connectivity index (χ3v) is 6.24. The Morgan fingerprint density at radius 1 is 1.30 bits per heavy atom. The van der Waals surface area contributed by atoms with E-state index in [0.717, 1.165) is 18.9 Å². The van der Waals surface area contributed by atoms with Crippen LogP contribution in [0.1, 0.15) is 60.3 Å². The number of nitrogens with one attached hydrogen (secondary N) is 1. The number of hydrogen-bond acceptors (Lipinski definition) is 4. The number of amides is 1. The van der Waals surface area contributed by atoms with E-state index >= 15 is 0 Å². The quantitative estimate of drug-likeness (QED) is 0.285. The molecule has 1 N–H and O–H groups in total. The SMILES string of the molecule is CCCCOC(=O)C(CC)Sc1cc(NC(=O)C(C)(C)CC)c(F)cc1Cl. The zero-order valence-electron chi connectivity index (χ0n) is 16.7. The van der Waals surface area contributed by atoms with Crippen LogP contribution < -0.4 is 5.32 Å². The first-order valence-corrected chi connectivity index (χ1v) is 10.6. The molecule has 0 bridgehead atoms. The fourth-order valence-electron chi connectivity index (χ4n) is 2.03.